The van der Waals surface area contributed by atoms with Crippen molar-refractivity contribution in [1.29, 1.82) is 0 Å². The van der Waals surface area contributed by atoms with Gasteiger partial charge in [0.2, 0.25) is 0 Å². The summed E-state index contributed by atoms with van der Waals surface area (Å²) < 4.78 is 10.4. The lowest BCUT2D eigenvalue weighted by Gasteiger charge is -2.31. The van der Waals surface area contributed by atoms with Gasteiger partial charge in [0.25, 0.3) is 0 Å². The molecule has 0 spiro atoms. The number of benzene rings is 1. The monoisotopic (exact) mass is 361 g/mol. The lowest BCUT2D eigenvalue weighted by Crippen LogP contribution is -2.49. The number of carbonyl (C=O) groups excluding carboxylic acids is 2. The van der Waals surface area contributed by atoms with E-state index in [2.05, 4.69) is 22.8 Å². The number of piperidine rings is 1. The van der Waals surface area contributed by atoms with Gasteiger partial charge in [0.1, 0.15) is 12.4 Å². The third-order valence-corrected chi connectivity index (χ3v) is 4.99. The van der Waals surface area contributed by atoms with Crippen molar-refractivity contribution in [2.24, 2.45) is 0 Å². The van der Waals surface area contributed by atoms with Gasteiger partial charge in [0, 0.05) is 19.1 Å². The molecule has 0 radical (unpaired) electrons. The highest BCUT2D eigenvalue weighted by Crippen LogP contribution is 2.25. The number of hydrogen-bond donors (Lipinski definition) is 2. The van der Waals surface area contributed by atoms with E-state index in [1.807, 2.05) is 6.07 Å². The van der Waals surface area contributed by atoms with E-state index in [4.69, 9.17) is 9.47 Å². The topological polar surface area (TPSA) is 79.9 Å². The van der Waals surface area contributed by atoms with Crippen LogP contribution < -0.4 is 15.4 Å². The molecule has 1 aromatic rings. The van der Waals surface area contributed by atoms with Crippen LogP contribution in [0.3, 0.4) is 0 Å². The van der Waals surface area contributed by atoms with Gasteiger partial charge in [-0.1, -0.05) is 6.07 Å². The summed E-state index contributed by atoms with van der Waals surface area (Å²) in [6.45, 7) is 2.08. The number of fused-ring (bicyclic) bond motifs is 1. The fourth-order valence-electron chi connectivity index (χ4n) is 3.54. The molecule has 2 aliphatic rings. The normalized spacial score (nSPS) is 16.7. The van der Waals surface area contributed by atoms with Crippen LogP contribution in [0.2, 0.25) is 0 Å². The number of nitrogens with one attached hydrogen (secondary N) is 2. The van der Waals surface area contributed by atoms with Crippen LogP contribution in [0.5, 0.6) is 5.75 Å². The van der Waals surface area contributed by atoms with E-state index in [9.17, 15) is 9.59 Å². The van der Waals surface area contributed by atoms with Crippen molar-refractivity contribution in [3.8, 4) is 5.75 Å². The van der Waals surface area contributed by atoms with Crippen molar-refractivity contribution < 1.29 is 19.1 Å². The van der Waals surface area contributed by atoms with Gasteiger partial charge in [-0.05, 0) is 55.4 Å². The molecule has 2 N–H and O–H groups in total. The second-order valence-electron chi connectivity index (χ2n) is 6.76. The smallest absolute Gasteiger partial charge is 0.409 e. The molecule has 0 bridgehead atoms. The standard InChI is InChI=1S/C19H27N3O4/c1-25-19(24)22-10-7-16(8-11-22)21-18(23)20-9-12-26-17-6-5-14-3-2-4-15(14)13-17/h5-6,13,16H,2-4,7-12H2,1H3,(H2,20,21,23). The second-order valence-corrected chi connectivity index (χ2v) is 6.76. The number of amides is 3. The highest BCUT2D eigenvalue weighted by atomic mass is 16.5. The van der Waals surface area contributed by atoms with E-state index >= 15 is 0 Å². The summed E-state index contributed by atoms with van der Waals surface area (Å²) in [4.78, 5) is 25.1. The van der Waals surface area contributed by atoms with Gasteiger partial charge in [-0.2, -0.15) is 0 Å². The Labute approximate surface area is 154 Å². The number of nitrogens with zero attached hydrogens (tertiary/aromatic N) is 1. The van der Waals surface area contributed by atoms with Crippen molar-refractivity contribution in [1.82, 2.24) is 15.5 Å². The van der Waals surface area contributed by atoms with Crippen LogP contribution in [0, 0.1) is 0 Å². The van der Waals surface area contributed by atoms with E-state index in [1.54, 1.807) is 4.90 Å². The Balaban J connectivity index is 1.30. The number of aryl methyl sites for hydroxylation is 2. The maximum atomic E-state index is 12.0. The van der Waals surface area contributed by atoms with E-state index in [0.29, 0.717) is 26.2 Å². The van der Waals surface area contributed by atoms with E-state index < -0.39 is 0 Å². The van der Waals surface area contributed by atoms with Crippen molar-refractivity contribution in [3.05, 3.63) is 29.3 Å². The third kappa shape index (κ3) is 4.80. The zero-order chi connectivity index (χ0) is 18.4. The average molecular weight is 361 g/mol. The number of carbonyl (C=O) groups is 2. The first-order chi connectivity index (χ1) is 12.7. The first kappa shape index (κ1) is 18.4. The number of urea groups is 1. The molecule has 0 saturated carbocycles. The van der Waals surface area contributed by atoms with Gasteiger partial charge in [0.05, 0.1) is 13.7 Å². The summed E-state index contributed by atoms with van der Waals surface area (Å²) in [6.07, 6.45) is 4.66. The van der Waals surface area contributed by atoms with Crippen LogP contribution in [0.1, 0.15) is 30.4 Å². The Kier molecular flexibility index (Phi) is 6.20. The number of likely N-dealkylation sites (tertiary alicyclic amines) is 1. The number of methoxy groups -OCH3 is 1. The molecule has 3 rings (SSSR count). The highest BCUT2D eigenvalue weighted by molar-refractivity contribution is 5.74. The Morgan fingerprint density at radius 3 is 2.73 bits per heavy atom. The van der Waals surface area contributed by atoms with Gasteiger partial charge >= 0.3 is 12.1 Å². The van der Waals surface area contributed by atoms with Gasteiger partial charge in [0.15, 0.2) is 0 Å². The van der Waals surface area contributed by atoms with Crippen molar-refractivity contribution in [3.63, 3.8) is 0 Å². The largest absolute Gasteiger partial charge is 0.492 e. The van der Waals surface area contributed by atoms with E-state index in [1.165, 1.54) is 24.7 Å². The lowest BCUT2D eigenvalue weighted by molar-refractivity contribution is 0.110. The molecule has 1 aliphatic carbocycles. The van der Waals surface area contributed by atoms with Gasteiger partial charge < -0.3 is 25.0 Å². The SMILES string of the molecule is COC(=O)N1CCC(NC(=O)NCCOc2ccc3c(c2)CCC3)CC1. The molecule has 3 amide bonds. The first-order valence-electron chi connectivity index (χ1n) is 9.27. The zero-order valence-corrected chi connectivity index (χ0v) is 15.3. The molecular weight excluding hydrogens is 334 g/mol. The molecular formula is C19H27N3O4. The Morgan fingerprint density at radius 1 is 1.19 bits per heavy atom. The first-order valence-corrected chi connectivity index (χ1v) is 9.27. The Bertz CT molecular complexity index is 642. The van der Waals surface area contributed by atoms with E-state index in [-0.39, 0.29) is 18.2 Å². The van der Waals surface area contributed by atoms with Crippen LogP contribution >= 0.6 is 0 Å². The zero-order valence-electron chi connectivity index (χ0n) is 15.3. The predicted octanol–water partition coefficient (Wildman–Crippen LogP) is 2.08. The second kappa shape index (κ2) is 8.78. The van der Waals surface area contributed by atoms with Gasteiger partial charge in [-0.15, -0.1) is 0 Å². The molecule has 1 saturated heterocycles. The molecule has 0 atom stereocenters. The molecule has 142 valence electrons. The molecule has 0 unspecified atom stereocenters. The maximum Gasteiger partial charge on any atom is 0.409 e. The summed E-state index contributed by atoms with van der Waals surface area (Å²) >= 11 is 0. The fourth-order valence-corrected chi connectivity index (χ4v) is 3.54. The summed E-state index contributed by atoms with van der Waals surface area (Å²) in [6, 6.07) is 6.13. The summed E-state index contributed by atoms with van der Waals surface area (Å²) in [7, 11) is 1.38. The number of ether oxygens (including phenoxy) is 2. The van der Waals surface area contributed by atoms with Crippen LogP contribution in [0.15, 0.2) is 18.2 Å². The molecule has 7 heteroatoms. The molecule has 0 aromatic heterocycles. The quantitative estimate of drug-likeness (QED) is 0.787. The summed E-state index contributed by atoms with van der Waals surface area (Å²) in [5.41, 5.74) is 2.81. The average Bonchev–Trinajstić information content (AvgIpc) is 3.13. The Morgan fingerprint density at radius 2 is 1.96 bits per heavy atom. The predicted molar refractivity (Wildman–Crippen MR) is 97.5 cm³/mol. The third-order valence-electron chi connectivity index (χ3n) is 4.99. The van der Waals surface area contributed by atoms with Crippen molar-refractivity contribution >= 4 is 12.1 Å². The summed E-state index contributed by atoms with van der Waals surface area (Å²) in [5.74, 6) is 0.864. The number of rotatable bonds is 5. The minimum atomic E-state index is -0.309. The van der Waals surface area contributed by atoms with Crippen molar-refractivity contribution in [2.45, 2.75) is 38.1 Å². The fraction of sp³-hybridized carbons (Fsp3) is 0.579. The molecule has 1 heterocycles. The van der Waals surface area contributed by atoms with Gasteiger partial charge in [-0.25, -0.2) is 9.59 Å². The molecule has 1 aliphatic heterocycles. The molecule has 1 fully saturated rings. The molecule has 26 heavy (non-hydrogen) atoms. The highest BCUT2D eigenvalue weighted by Gasteiger charge is 2.24. The minimum absolute atomic E-state index is 0.0773. The minimum Gasteiger partial charge on any atom is -0.492 e. The summed E-state index contributed by atoms with van der Waals surface area (Å²) in [5, 5.41) is 5.76. The number of hydrogen-bond acceptors (Lipinski definition) is 4. The van der Waals surface area contributed by atoms with Crippen molar-refractivity contribution in [2.75, 3.05) is 33.4 Å². The maximum absolute atomic E-state index is 12.0. The molecule has 1 aromatic carbocycles. The van der Waals surface area contributed by atoms with Crippen LogP contribution in [0.25, 0.3) is 0 Å². The van der Waals surface area contributed by atoms with Crippen LogP contribution in [0.4, 0.5) is 9.59 Å². The lowest BCUT2D eigenvalue weighted by atomic mass is 10.1. The van der Waals surface area contributed by atoms with Gasteiger partial charge in [-0.3, -0.25) is 0 Å². The Hall–Kier alpha value is -2.44. The van der Waals surface area contributed by atoms with Crippen LogP contribution in [-0.4, -0.2) is 56.4 Å². The molecule has 7 nitrogen and oxygen atoms in total. The van der Waals surface area contributed by atoms with Crippen LogP contribution in [-0.2, 0) is 17.6 Å². The van der Waals surface area contributed by atoms with E-state index in [0.717, 1.165) is 31.4 Å².